The number of benzene rings is 2. The molecule has 0 saturated heterocycles. The zero-order valence-corrected chi connectivity index (χ0v) is 32.0. The van der Waals surface area contributed by atoms with E-state index in [9.17, 15) is 9.59 Å². The van der Waals surface area contributed by atoms with E-state index in [1.807, 2.05) is 48.5 Å². The quantitative estimate of drug-likeness (QED) is 0.0480. The molecule has 7 heteroatoms. The summed E-state index contributed by atoms with van der Waals surface area (Å²) in [6.07, 6.45) is 17.2. The van der Waals surface area contributed by atoms with Gasteiger partial charge in [-0.15, -0.1) is 0 Å². The molecule has 0 heterocycles. The van der Waals surface area contributed by atoms with Crippen molar-refractivity contribution in [2.24, 2.45) is 0 Å². The van der Waals surface area contributed by atoms with E-state index in [0.717, 1.165) is 100 Å². The summed E-state index contributed by atoms with van der Waals surface area (Å²) in [6, 6.07) is 14.9. The van der Waals surface area contributed by atoms with Crippen LogP contribution >= 0.6 is 0 Å². The van der Waals surface area contributed by atoms with Crippen LogP contribution in [0.25, 0.3) is 0 Å². The third kappa shape index (κ3) is 18.4. The molecule has 0 spiro atoms. The molecule has 0 radical (unpaired) electrons. The summed E-state index contributed by atoms with van der Waals surface area (Å²) in [6.45, 7) is 17.0. The van der Waals surface area contributed by atoms with Crippen LogP contribution in [-0.4, -0.2) is 62.4 Å². The van der Waals surface area contributed by atoms with Crippen molar-refractivity contribution >= 4 is 11.6 Å². The fourth-order valence-electron chi connectivity index (χ4n) is 5.43. The summed E-state index contributed by atoms with van der Waals surface area (Å²) < 4.78 is 11.7. The average Bonchev–Trinajstić information content (AvgIpc) is 3.14. The van der Waals surface area contributed by atoms with Gasteiger partial charge in [0.05, 0.1) is 13.2 Å². The zero-order chi connectivity index (χ0) is 36.2. The molecule has 50 heavy (non-hydrogen) atoms. The number of unbranched alkanes of at least 4 members (excludes halogenated alkanes) is 5. The highest BCUT2D eigenvalue weighted by molar-refractivity contribution is 6.05. The number of hydrogen-bond donors (Lipinski definition) is 2. The number of carbonyl (C=O) groups excluding carboxylic acids is 2. The fourth-order valence-corrected chi connectivity index (χ4v) is 5.43. The highest BCUT2D eigenvalue weighted by Crippen LogP contribution is 2.16. The Morgan fingerprint density at radius 2 is 0.920 bits per heavy atom. The van der Waals surface area contributed by atoms with Crippen molar-refractivity contribution in [1.29, 1.82) is 0 Å². The van der Waals surface area contributed by atoms with Crippen LogP contribution < -0.4 is 20.1 Å². The predicted molar refractivity (Wildman–Crippen MR) is 210 cm³/mol. The molecule has 0 bridgehead atoms. The lowest BCUT2D eigenvalue weighted by atomic mass is 10.1. The molecule has 2 aromatic rings. The number of hydrogen-bond acceptors (Lipinski definition) is 7. The van der Waals surface area contributed by atoms with E-state index in [0.29, 0.717) is 37.4 Å². The standard InChI is InChI=1S/C43H67N3O4/c1-6-11-17-38(34-42(47)36-19-23-40(24-20-36)49-32-15-10-5)44-27-28-45-39(18-12-7-2)35-43(48)37-21-25-41(26-22-37)50-33-16-31-46(29-13-8-3)30-14-9-4/h19-26,34-35,44-45H,6-18,27-33H2,1-5H3/b38-34+,39-35+. The number of carbonyl (C=O) groups is 2. The molecule has 0 saturated carbocycles. The van der Waals surface area contributed by atoms with Crippen molar-refractivity contribution < 1.29 is 19.1 Å². The number of ketones is 2. The van der Waals surface area contributed by atoms with Crippen LogP contribution in [0.3, 0.4) is 0 Å². The molecule has 278 valence electrons. The minimum absolute atomic E-state index is 0.0125. The number of rotatable bonds is 30. The third-order valence-corrected chi connectivity index (χ3v) is 8.63. The maximum Gasteiger partial charge on any atom is 0.187 e. The van der Waals surface area contributed by atoms with Gasteiger partial charge in [-0.3, -0.25) is 9.59 Å². The minimum atomic E-state index is -0.0151. The summed E-state index contributed by atoms with van der Waals surface area (Å²) >= 11 is 0. The first kappa shape index (κ1) is 42.6. The normalized spacial score (nSPS) is 11.9. The van der Waals surface area contributed by atoms with Crippen molar-refractivity contribution in [2.75, 3.05) is 45.9 Å². The maximum absolute atomic E-state index is 13.2. The van der Waals surface area contributed by atoms with E-state index >= 15 is 0 Å². The van der Waals surface area contributed by atoms with Crippen LogP contribution in [0.4, 0.5) is 0 Å². The highest BCUT2D eigenvalue weighted by atomic mass is 16.5. The predicted octanol–water partition coefficient (Wildman–Crippen LogP) is 9.93. The van der Waals surface area contributed by atoms with Crippen LogP contribution in [0.2, 0.25) is 0 Å². The molecule has 7 nitrogen and oxygen atoms in total. The molecule has 2 aromatic carbocycles. The summed E-state index contributed by atoms with van der Waals surface area (Å²) in [7, 11) is 0. The van der Waals surface area contributed by atoms with E-state index in [2.05, 4.69) is 50.2 Å². The van der Waals surface area contributed by atoms with E-state index in [1.54, 1.807) is 12.2 Å². The van der Waals surface area contributed by atoms with Gasteiger partial charge in [0.25, 0.3) is 0 Å². The van der Waals surface area contributed by atoms with Gasteiger partial charge in [-0.25, -0.2) is 0 Å². The molecule has 0 atom stereocenters. The summed E-state index contributed by atoms with van der Waals surface area (Å²) in [5.41, 5.74) is 3.17. The minimum Gasteiger partial charge on any atom is -0.494 e. The van der Waals surface area contributed by atoms with Crippen LogP contribution in [0, 0.1) is 0 Å². The van der Waals surface area contributed by atoms with E-state index in [1.165, 1.54) is 25.7 Å². The van der Waals surface area contributed by atoms with E-state index in [-0.39, 0.29) is 11.6 Å². The number of ether oxygens (including phenoxy) is 2. The summed E-state index contributed by atoms with van der Waals surface area (Å²) in [5.74, 6) is 1.56. The molecule has 2 N–H and O–H groups in total. The first-order chi connectivity index (χ1) is 24.4. The van der Waals surface area contributed by atoms with Crippen molar-refractivity contribution in [2.45, 2.75) is 118 Å². The summed E-state index contributed by atoms with van der Waals surface area (Å²) in [5, 5.41) is 6.95. The number of nitrogens with one attached hydrogen (secondary N) is 2. The van der Waals surface area contributed by atoms with Gasteiger partial charge in [-0.2, -0.15) is 0 Å². The van der Waals surface area contributed by atoms with Crippen LogP contribution in [0.15, 0.2) is 72.1 Å². The van der Waals surface area contributed by atoms with Gasteiger partial charge in [0.2, 0.25) is 0 Å². The van der Waals surface area contributed by atoms with Crippen LogP contribution in [-0.2, 0) is 0 Å². The second-order valence-corrected chi connectivity index (χ2v) is 13.1. The monoisotopic (exact) mass is 690 g/mol. The Morgan fingerprint density at radius 3 is 1.32 bits per heavy atom. The zero-order valence-electron chi connectivity index (χ0n) is 32.0. The lowest BCUT2D eigenvalue weighted by Crippen LogP contribution is -2.28. The molecule has 0 fully saturated rings. The Kier molecular flexibility index (Phi) is 23.2. The van der Waals surface area contributed by atoms with Gasteiger partial charge in [0.15, 0.2) is 11.6 Å². The van der Waals surface area contributed by atoms with Gasteiger partial charge in [0.1, 0.15) is 11.5 Å². The van der Waals surface area contributed by atoms with Crippen LogP contribution in [0.5, 0.6) is 11.5 Å². The molecule has 0 aliphatic heterocycles. The van der Waals surface area contributed by atoms with E-state index in [4.69, 9.17) is 9.47 Å². The molecule has 0 amide bonds. The molecular weight excluding hydrogens is 622 g/mol. The van der Waals surface area contributed by atoms with Crippen LogP contribution in [0.1, 0.15) is 139 Å². The lowest BCUT2D eigenvalue weighted by molar-refractivity contribution is 0.103. The fraction of sp³-hybridized carbons (Fsp3) is 0.581. The van der Waals surface area contributed by atoms with E-state index < -0.39 is 0 Å². The van der Waals surface area contributed by atoms with Crippen molar-refractivity contribution in [1.82, 2.24) is 15.5 Å². The van der Waals surface area contributed by atoms with Gasteiger partial charge in [-0.1, -0.05) is 66.7 Å². The molecular formula is C43H67N3O4. The van der Waals surface area contributed by atoms with Crippen molar-refractivity contribution in [3.05, 3.63) is 83.2 Å². The van der Waals surface area contributed by atoms with Gasteiger partial charge in [0, 0.05) is 54.3 Å². The second-order valence-electron chi connectivity index (χ2n) is 13.1. The molecule has 0 aliphatic carbocycles. The Morgan fingerprint density at radius 1 is 0.540 bits per heavy atom. The number of allylic oxidation sites excluding steroid dienone is 4. The topological polar surface area (TPSA) is 79.9 Å². The molecule has 2 rings (SSSR count). The maximum atomic E-state index is 13.2. The smallest absolute Gasteiger partial charge is 0.187 e. The van der Waals surface area contributed by atoms with Crippen molar-refractivity contribution in [3.63, 3.8) is 0 Å². The average molecular weight is 690 g/mol. The first-order valence-corrected chi connectivity index (χ1v) is 19.6. The highest BCUT2D eigenvalue weighted by Gasteiger charge is 2.09. The Hall–Kier alpha value is -3.58. The second kappa shape index (κ2) is 27.2. The Balaban J connectivity index is 1.90. The third-order valence-electron chi connectivity index (χ3n) is 8.63. The number of nitrogens with zero attached hydrogens (tertiary/aromatic N) is 1. The molecule has 0 unspecified atom stereocenters. The first-order valence-electron chi connectivity index (χ1n) is 19.6. The molecule has 0 aromatic heterocycles. The van der Waals surface area contributed by atoms with Crippen molar-refractivity contribution in [3.8, 4) is 11.5 Å². The SMILES string of the molecule is CCCCOc1ccc(C(=O)/C=C(\CCCC)NCCN/C(=C/C(=O)c2ccc(OCCCN(CCCC)CCCC)cc2)CCCC)cc1. The molecule has 0 aliphatic rings. The van der Waals surface area contributed by atoms with Gasteiger partial charge >= 0.3 is 0 Å². The van der Waals surface area contributed by atoms with Gasteiger partial charge in [-0.05, 0) is 113 Å². The largest absolute Gasteiger partial charge is 0.494 e. The lowest BCUT2D eigenvalue weighted by Gasteiger charge is -2.21. The Bertz CT molecular complexity index is 1250. The Labute approximate surface area is 304 Å². The van der Waals surface area contributed by atoms with Gasteiger partial charge < -0.3 is 25.0 Å². The summed E-state index contributed by atoms with van der Waals surface area (Å²) in [4.78, 5) is 28.8.